The van der Waals surface area contributed by atoms with Crippen molar-refractivity contribution in [1.82, 2.24) is 4.98 Å². The second-order valence-corrected chi connectivity index (χ2v) is 9.29. The Kier molecular flexibility index (Phi) is 4.99. The van der Waals surface area contributed by atoms with Crippen LogP contribution < -0.4 is 10.5 Å². The molecule has 0 amide bonds. The zero-order chi connectivity index (χ0) is 18.9. The van der Waals surface area contributed by atoms with Gasteiger partial charge in [0.1, 0.15) is 4.21 Å². The molecule has 0 aliphatic carbocycles. The number of nitrogen functional groups attached to an aromatic ring is 1. The number of aromatic nitrogens is 1. The molecule has 0 atom stereocenters. The van der Waals surface area contributed by atoms with Gasteiger partial charge >= 0.3 is 5.97 Å². The number of nitrogens with two attached hydrogens (primary N) is 1. The first-order valence-corrected chi connectivity index (χ1v) is 10.5. The van der Waals surface area contributed by atoms with Gasteiger partial charge in [-0.25, -0.2) is 18.2 Å². The average molecular weight is 410 g/mol. The zero-order valence-corrected chi connectivity index (χ0v) is 16.3. The number of thiophene rings is 1. The average Bonchev–Trinajstić information content (AvgIpc) is 3.25. The minimum absolute atomic E-state index is 0.00910. The Labute approximate surface area is 158 Å². The van der Waals surface area contributed by atoms with Gasteiger partial charge in [0.05, 0.1) is 39.6 Å². The molecule has 0 saturated carbocycles. The molecule has 2 heterocycles. The number of ether oxygens (including phenoxy) is 1. The van der Waals surface area contributed by atoms with Crippen molar-refractivity contribution in [3.63, 3.8) is 0 Å². The van der Waals surface area contributed by atoms with Crippen molar-refractivity contribution in [2.24, 2.45) is 0 Å². The largest absolute Gasteiger partial charge is 0.465 e. The van der Waals surface area contributed by atoms with Gasteiger partial charge in [-0.05, 0) is 31.2 Å². The number of esters is 1. The third kappa shape index (κ3) is 3.57. The highest BCUT2D eigenvalue weighted by Crippen LogP contribution is 2.33. The molecular formula is C16H15N3O4S3. The number of nitrogens with one attached hydrogen (secondary N) is 1. The molecule has 3 aromatic rings. The Hall–Kier alpha value is -2.43. The third-order valence-electron chi connectivity index (χ3n) is 3.47. The van der Waals surface area contributed by atoms with E-state index in [1.807, 2.05) is 12.3 Å². The highest BCUT2D eigenvalue weighted by atomic mass is 32.2. The molecule has 0 unspecified atom stereocenters. The van der Waals surface area contributed by atoms with Crippen LogP contribution in [0, 0.1) is 6.92 Å². The minimum Gasteiger partial charge on any atom is -0.465 e. The second kappa shape index (κ2) is 7.06. The molecule has 7 nitrogen and oxygen atoms in total. The summed E-state index contributed by atoms with van der Waals surface area (Å²) in [5.41, 5.74) is 6.87. The monoisotopic (exact) mass is 409 g/mol. The molecule has 3 N–H and O–H groups in total. The molecule has 1 aromatic carbocycles. The maximum atomic E-state index is 12.7. The number of anilines is 2. The summed E-state index contributed by atoms with van der Waals surface area (Å²) >= 11 is 2.60. The molecule has 0 saturated heterocycles. The van der Waals surface area contributed by atoms with Crippen LogP contribution in [0.3, 0.4) is 0 Å². The van der Waals surface area contributed by atoms with Crippen LogP contribution in [0.2, 0.25) is 0 Å². The van der Waals surface area contributed by atoms with Crippen LogP contribution in [0.4, 0.5) is 11.4 Å². The Morgan fingerprint density at radius 3 is 2.69 bits per heavy atom. The molecule has 2 aromatic heterocycles. The molecule has 10 heteroatoms. The molecule has 26 heavy (non-hydrogen) atoms. The lowest BCUT2D eigenvalue weighted by atomic mass is 10.1. The molecule has 0 radical (unpaired) electrons. The Morgan fingerprint density at radius 1 is 1.27 bits per heavy atom. The Bertz CT molecular complexity index is 1070. The van der Waals surface area contributed by atoms with Gasteiger partial charge < -0.3 is 10.5 Å². The topological polar surface area (TPSA) is 111 Å². The number of carbonyl (C=O) groups excluding carboxylic acids is 1. The van der Waals surface area contributed by atoms with Crippen molar-refractivity contribution in [3.8, 4) is 10.6 Å². The first-order chi connectivity index (χ1) is 12.3. The molecule has 0 spiro atoms. The summed E-state index contributed by atoms with van der Waals surface area (Å²) in [6, 6.07) is 7.70. The molecule has 0 bridgehead atoms. The number of nitrogens with zero attached hydrogens (tertiary/aromatic N) is 1. The van der Waals surface area contributed by atoms with Crippen LogP contribution in [0.5, 0.6) is 0 Å². The maximum Gasteiger partial charge on any atom is 0.340 e. The van der Waals surface area contributed by atoms with Gasteiger partial charge in [0.2, 0.25) is 0 Å². The van der Waals surface area contributed by atoms with E-state index in [0.29, 0.717) is 0 Å². The van der Waals surface area contributed by atoms with Gasteiger partial charge in [-0.1, -0.05) is 6.07 Å². The van der Waals surface area contributed by atoms with E-state index in [0.717, 1.165) is 26.9 Å². The Balaban J connectivity index is 1.91. The lowest BCUT2D eigenvalue weighted by molar-refractivity contribution is 0.0602. The first-order valence-electron chi connectivity index (χ1n) is 7.34. The molecule has 0 aliphatic heterocycles. The van der Waals surface area contributed by atoms with Crippen molar-refractivity contribution in [2.45, 2.75) is 11.1 Å². The van der Waals surface area contributed by atoms with Gasteiger partial charge in [-0.2, -0.15) is 0 Å². The number of methoxy groups -OCH3 is 1. The summed E-state index contributed by atoms with van der Waals surface area (Å²) in [6.07, 6.45) is 0. The van der Waals surface area contributed by atoms with Crippen molar-refractivity contribution >= 4 is 50.0 Å². The van der Waals surface area contributed by atoms with Crippen molar-refractivity contribution in [1.29, 1.82) is 0 Å². The zero-order valence-electron chi connectivity index (χ0n) is 13.8. The van der Waals surface area contributed by atoms with E-state index in [4.69, 9.17) is 5.73 Å². The van der Waals surface area contributed by atoms with E-state index in [1.54, 1.807) is 6.07 Å². The first kappa shape index (κ1) is 18.4. The van der Waals surface area contributed by atoms with Crippen LogP contribution in [0.1, 0.15) is 15.4 Å². The normalized spacial score (nSPS) is 11.3. The van der Waals surface area contributed by atoms with Gasteiger partial charge in [0, 0.05) is 5.38 Å². The number of rotatable bonds is 5. The maximum absolute atomic E-state index is 12.7. The summed E-state index contributed by atoms with van der Waals surface area (Å²) in [4.78, 5) is 16.8. The quantitative estimate of drug-likeness (QED) is 0.494. The number of thiazole rings is 1. The smallest absolute Gasteiger partial charge is 0.340 e. The van der Waals surface area contributed by atoms with Gasteiger partial charge in [-0.3, -0.25) is 4.72 Å². The standard InChI is InChI=1S/C16H15N3O4S3/c1-9-18-12(8-24-9)13-6-7-14(25-13)26(21,22)19-11-5-3-4-10(15(11)17)16(20)23-2/h3-8,19H,17H2,1-2H3. The van der Waals surface area contributed by atoms with Crippen molar-refractivity contribution in [3.05, 3.63) is 46.3 Å². The number of sulfonamides is 1. The highest BCUT2D eigenvalue weighted by Gasteiger charge is 2.21. The van der Waals surface area contributed by atoms with E-state index >= 15 is 0 Å². The molecular weight excluding hydrogens is 394 g/mol. The van der Waals surface area contributed by atoms with E-state index in [2.05, 4.69) is 14.4 Å². The minimum atomic E-state index is -3.85. The molecule has 0 aliphatic rings. The fraction of sp³-hybridized carbons (Fsp3) is 0.125. The number of benzene rings is 1. The second-order valence-electron chi connectivity index (χ2n) is 5.23. The van der Waals surface area contributed by atoms with E-state index in [-0.39, 0.29) is 21.1 Å². The van der Waals surface area contributed by atoms with Crippen LogP contribution in [0.25, 0.3) is 10.6 Å². The van der Waals surface area contributed by atoms with Gasteiger partial charge in [-0.15, -0.1) is 22.7 Å². The highest BCUT2D eigenvalue weighted by molar-refractivity contribution is 7.94. The van der Waals surface area contributed by atoms with Gasteiger partial charge in [0.25, 0.3) is 10.0 Å². The molecule has 3 rings (SSSR count). The SMILES string of the molecule is COC(=O)c1cccc(NS(=O)(=O)c2ccc(-c3csc(C)n3)s2)c1N. The Morgan fingerprint density at radius 2 is 2.04 bits per heavy atom. The van der Waals surface area contributed by atoms with E-state index < -0.39 is 16.0 Å². The number of hydrogen-bond donors (Lipinski definition) is 2. The predicted molar refractivity (Wildman–Crippen MR) is 103 cm³/mol. The van der Waals surface area contributed by atoms with E-state index in [1.165, 1.54) is 42.7 Å². The number of aryl methyl sites for hydroxylation is 1. The van der Waals surface area contributed by atoms with Crippen molar-refractivity contribution < 1.29 is 17.9 Å². The fourth-order valence-electron chi connectivity index (χ4n) is 2.22. The summed E-state index contributed by atoms with van der Waals surface area (Å²) in [5, 5.41) is 2.78. The van der Waals surface area contributed by atoms with Crippen molar-refractivity contribution in [2.75, 3.05) is 17.6 Å². The summed E-state index contributed by atoms with van der Waals surface area (Å²) in [6.45, 7) is 1.89. The molecule has 136 valence electrons. The summed E-state index contributed by atoms with van der Waals surface area (Å²) in [7, 11) is -2.63. The lowest BCUT2D eigenvalue weighted by Crippen LogP contribution is -2.15. The van der Waals surface area contributed by atoms with Crippen LogP contribution in [0.15, 0.2) is 39.9 Å². The van der Waals surface area contributed by atoms with Gasteiger partial charge in [0.15, 0.2) is 0 Å². The third-order valence-corrected chi connectivity index (χ3v) is 7.21. The van der Waals surface area contributed by atoms with Crippen LogP contribution in [-0.2, 0) is 14.8 Å². The fourth-order valence-corrected chi connectivity index (χ4v) is 5.25. The molecule has 0 fully saturated rings. The number of para-hydroxylation sites is 1. The lowest BCUT2D eigenvalue weighted by Gasteiger charge is -2.11. The predicted octanol–water partition coefficient (Wildman–Crippen LogP) is 3.35. The number of hydrogen-bond acceptors (Lipinski definition) is 8. The van der Waals surface area contributed by atoms with E-state index in [9.17, 15) is 13.2 Å². The number of carbonyl (C=O) groups is 1. The van der Waals surface area contributed by atoms with Crippen LogP contribution in [-0.4, -0.2) is 26.5 Å². The summed E-state index contributed by atoms with van der Waals surface area (Å²) < 4.78 is 32.5. The van der Waals surface area contributed by atoms with Crippen LogP contribution >= 0.6 is 22.7 Å². The summed E-state index contributed by atoms with van der Waals surface area (Å²) in [5.74, 6) is -0.638.